The quantitative estimate of drug-likeness (QED) is 0.483. The molecule has 0 aliphatic heterocycles. The second kappa shape index (κ2) is 8.66. The zero-order valence-electron chi connectivity index (χ0n) is 16.9. The zero-order valence-corrected chi connectivity index (χ0v) is 16.9. The lowest BCUT2D eigenvalue weighted by molar-refractivity contribution is -0.139. The van der Waals surface area contributed by atoms with E-state index in [9.17, 15) is 9.59 Å². The molecule has 6 nitrogen and oxygen atoms in total. The number of aryl methyl sites for hydroxylation is 3. The number of amides is 2. The van der Waals surface area contributed by atoms with Gasteiger partial charge in [-0.25, -0.2) is 5.43 Å². The summed E-state index contributed by atoms with van der Waals surface area (Å²) in [5.74, 6) is -1.45. The number of aromatic nitrogens is 1. The fourth-order valence-electron chi connectivity index (χ4n) is 2.95. The lowest BCUT2D eigenvalue weighted by Crippen LogP contribution is -2.41. The standard InChI is InChI=1S/C21H28N4O2/c1-7-15(4)23-20(26)21(27)24-22-12-18-11-16(5)25(17(18)6)19-9-8-13(2)10-14(19)3/h8-12,15H,7H2,1-6H3,(H,23,26)(H,24,27)/b22-12-/t15-/m1/s1. The largest absolute Gasteiger partial charge is 0.345 e. The van der Waals surface area contributed by atoms with Gasteiger partial charge in [0, 0.05) is 28.7 Å². The van der Waals surface area contributed by atoms with Crippen molar-refractivity contribution in [1.29, 1.82) is 0 Å². The average molecular weight is 368 g/mol. The van der Waals surface area contributed by atoms with Crippen LogP contribution in [0, 0.1) is 27.7 Å². The van der Waals surface area contributed by atoms with Crippen LogP contribution in [0.1, 0.15) is 48.3 Å². The Morgan fingerprint density at radius 1 is 1.15 bits per heavy atom. The maximum absolute atomic E-state index is 11.8. The first-order valence-electron chi connectivity index (χ1n) is 9.15. The second-order valence-corrected chi connectivity index (χ2v) is 6.93. The van der Waals surface area contributed by atoms with Crippen molar-refractivity contribution in [3.63, 3.8) is 0 Å². The van der Waals surface area contributed by atoms with Crippen molar-refractivity contribution in [3.05, 3.63) is 52.3 Å². The molecule has 27 heavy (non-hydrogen) atoms. The van der Waals surface area contributed by atoms with E-state index in [1.54, 1.807) is 6.21 Å². The van der Waals surface area contributed by atoms with Gasteiger partial charge in [-0.05, 0) is 58.7 Å². The molecule has 0 saturated carbocycles. The fourth-order valence-corrected chi connectivity index (χ4v) is 2.95. The molecule has 2 amide bonds. The molecule has 0 aliphatic rings. The first-order valence-corrected chi connectivity index (χ1v) is 9.15. The van der Waals surface area contributed by atoms with Gasteiger partial charge < -0.3 is 9.88 Å². The molecule has 2 aromatic rings. The SMILES string of the molecule is CC[C@@H](C)NC(=O)C(=O)N/N=C\c1cc(C)n(-c2ccc(C)cc2C)c1C. The van der Waals surface area contributed by atoms with Crippen LogP contribution in [0.2, 0.25) is 0 Å². The number of carbonyl (C=O) groups is 2. The molecule has 2 rings (SSSR count). The number of hydrogen-bond acceptors (Lipinski definition) is 3. The maximum Gasteiger partial charge on any atom is 0.329 e. The van der Waals surface area contributed by atoms with E-state index >= 15 is 0 Å². The molecular formula is C21H28N4O2. The van der Waals surface area contributed by atoms with Crippen molar-refractivity contribution >= 4 is 18.0 Å². The van der Waals surface area contributed by atoms with Crippen LogP contribution < -0.4 is 10.7 Å². The van der Waals surface area contributed by atoms with E-state index in [-0.39, 0.29) is 6.04 Å². The monoisotopic (exact) mass is 368 g/mol. The third kappa shape index (κ3) is 4.84. The van der Waals surface area contributed by atoms with Gasteiger partial charge in [-0.3, -0.25) is 9.59 Å². The predicted molar refractivity (Wildman–Crippen MR) is 108 cm³/mol. The highest BCUT2D eigenvalue weighted by Crippen LogP contribution is 2.23. The molecule has 144 valence electrons. The van der Waals surface area contributed by atoms with Gasteiger partial charge in [0.15, 0.2) is 0 Å². The van der Waals surface area contributed by atoms with Crippen LogP contribution in [0.3, 0.4) is 0 Å². The van der Waals surface area contributed by atoms with Crippen molar-refractivity contribution in [2.75, 3.05) is 0 Å². The first kappa shape index (κ1) is 20.4. The van der Waals surface area contributed by atoms with Crippen molar-refractivity contribution < 1.29 is 9.59 Å². The highest BCUT2D eigenvalue weighted by Gasteiger charge is 2.15. The van der Waals surface area contributed by atoms with Gasteiger partial charge in [-0.1, -0.05) is 24.6 Å². The van der Waals surface area contributed by atoms with Gasteiger partial charge in [-0.2, -0.15) is 5.10 Å². The Balaban J connectivity index is 2.16. The molecule has 0 bridgehead atoms. The molecule has 0 unspecified atom stereocenters. The Labute approximate surface area is 160 Å². The Morgan fingerprint density at radius 2 is 1.85 bits per heavy atom. The smallest absolute Gasteiger partial charge is 0.329 e. The maximum atomic E-state index is 11.8. The Hall–Kier alpha value is -2.89. The lowest BCUT2D eigenvalue weighted by atomic mass is 10.1. The zero-order chi connectivity index (χ0) is 20.1. The summed E-state index contributed by atoms with van der Waals surface area (Å²) in [7, 11) is 0. The summed E-state index contributed by atoms with van der Waals surface area (Å²) >= 11 is 0. The number of nitrogens with zero attached hydrogens (tertiary/aromatic N) is 2. The molecule has 0 saturated heterocycles. The fraction of sp³-hybridized carbons (Fsp3) is 0.381. The van der Waals surface area contributed by atoms with E-state index in [4.69, 9.17) is 0 Å². The molecule has 1 aromatic heterocycles. The molecule has 0 radical (unpaired) electrons. The lowest BCUT2D eigenvalue weighted by Gasteiger charge is -2.13. The second-order valence-electron chi connectivity index (χ2n) is 6.93. The van der Waals surface area contributed by atoms with Gasteiger partial charge in [0.2, 0.25) is 0 Å². The summed E-state index contributed by atoms with van der Waals surface area (Å²) in [6.45, 7) is 12.0. The van der Waals surface area contributed by atoms with Crippen LogP contribution in [-0.4, -0.2) is 28.6 Å². The van der Waals surface area contributed by atoms with E-state index in [0.29, 0.717) is 0 Å². The molecule has 1 heterocycles. The van der Waals surface area contributed by atoms with Crippen LogP contribution in [0.25, 0.3) is 5.69 Å². The van der Waals surface area contributed by atoms with Crippen LogP contribution in [0.4, 0.5) is 0 Å². The van der Waals surface area contributed by atoms with Gasteiger partial charge in [-0.15, -0.1) is 0 Å². The number of nitrogens with one attached hydrogen (secondary N) is 2. The highest BCUT2D eigenvalue weighted by atomic mass is 16.2. The van der Waals surface area contributed by atoms with Gasteiger partial charge in [0.05, 0.1) is 6.21 Å². The minimum Gasteiger partial charge on any atom is -0.345 e. The van der Waals surface area contributed by atoms with Crippen molar-refractivity contribution in [2.24, 2.45) is 5.10 Å². The van der Waals surface area contributed by atoms with Crippen molar-refractivity contribution in [1.82, 2.24) is 15.3 Å². The number of hydrogen-bond donors (Lipinski definition) is 2. The van der Waals surface area contributed by atoms with Crippen LogP contribution in [0.5, 0.6) is 0 Å². The summed E-state index contributed by atoms with van der Waals surface area (Å²) in [5.41, 5.74) is 8.78. The summed E-state index contributed by atoms with van der Waals surface area (Å²) in [4.78, 5) is 23.5. The third-order valence-electron chi connectivity index (χ3n) is 4.63. The topological polar surface area (TPSA) is 75.5 Å². The van der Waals surface area contributed by atoms with E-state index in [1.165, 1.54) is 11.1 Å². The number of hydrazone groups is 1. The summed E-state index contributed by atoms with van der Waals surface area (Å²) in [6.07, 6.45) is 2.32. The van der Waals surface area contributed by atoms with Crippen LogP contribution >= 0.6 is 0 Å². The molecule has 0 spiro atoms. The predicted octanol–water partition coefficient (Wildman–Crippen LogP) is 3.08. The molecule has 0 fully saturated rings. The molecule has 6 heteroatoms. The Bertz CT molecular complexity index is 881. The molecule has 1 aromatic carbocycles. The number of rotatable bonds is 5. The van der Waals surface area contributed by atoms with Crippen molar-refractivity contribution in [3.8, 4) is 5.69 Å². The minimum absolute atomic E-state index is 0.0519. The minimum atomic E-state index is -0.769. The van der Waals surface area contributed by atoms with Crippen LogP contribution in [0.15, 0.2) is 29.4 Å². The number of benzene rings is 1. The Morgan fingerprint density at radius 3 is 2.48 bits per heavy atom. The van der Waals surface area contributed by atoms with Gasteiger partial charge in [0.1, 0.15) is 0 Å². The van der Waals surface area contributed by atoms with E-state index in [1.807, 2.05) is 33.8 Å². The van der Waals surface area contributed by atoms with E-state index < -0.39 is 11.8 Å². The van der Waals surface area contributed by atoms with E-state index in [0.717, 1.165) is 29.1 Å². The summed E-state index contributed by atoms with van der Waals surface area (Å²) < 4.78 is 2.16. The summed E-state index contributed by atoms with van der Waals surface area (Å²) in [5, 5.41) is 6.55. The summed E-state index contributed by atoms with van der Waals surface area (Å²) in [6, 6.07) is 8.29. The third-order valence-corrected chi connectivity index (χ3v) is 4.63. The molecule has 2 N–H and O–H groups in total. The molecule has 1 atom stereocenters. The normalized spacial score (nSPS) is 12.2. The molecular weight excluding hydrogens is 340 g/mol. The highest BCUT2D eigenvalue weighted by molar-refractivity contribution is 6.35. The van der Waals surface area contributed by atoms with Gasteiger partial charge >= 0.3 is 11.8 Å². The number of carbonyl (C=O) groups excluding carboxylic acids is 2. The first-order chi connectivity index (χ1) is 12.7. The van der Waals surface area contributed by atoms with Crippen LogP contribution in [-0.2, 0) is 9.59 Å². The van der Waals surface area contributed by atoms with Gasteiger partial charge in [0.25, 0.3) is 0 Å². The van der Waals surface area contributed by atoms with E-state index in [2.05, 4.69) is 52.5 Å². The Kier molecular flexibility index (Phi) is 6.55. The van der Waals surface area contributed by atoms with Crippen molar-refractivity contribution in [2.45, 2.75) is 54.0 Å². The average Bonchev–Trinajstić information content (AvgIpc) is 2.89. The molecule has 0 aliphatic carbocycles.